The number of nitrogens with one attached hydrogen (secondary N) is 1. The Balaban J connectivity index is 1.71. The molecule has 0 spiro atoms. The van der Waals surface area contributed by atoms with Gasteiger partial charge in [-0.1, -0.05) is 0 Å². The minimum atomic E-state index is -0.497. The van der Waals surface area contributed by atoms with Crippen LogP contribution in [-0.2, 0) is 27.2 Å². The number of thiophene rings is 1. The summed E-state index contributed by atoms with van der Waals surface area (Å²) in [4.78, 5) is 39.7. The van der Waals surface area contributed by atoms with E-state index >= 15 is 0 Å². The molecule has 0 saturated carbocycles. The van der Waals surface area contributed by atoms with Crippen molar-refractivity contribution < 1.29 is 19.1 Å². The van der Waals surface area contributed by atoms with Crippen LogP contribution in [0, 0.1) is 0 Å². The van der Waals surface area contributed by atoms with Gasteiger partial charge in [-0.2, -0.15) is 11.8 Å². The van der Waals surface area contributed by atoms with Gasteiger partial charge in [0.2, 0.25) is 5.91 Å². The SMILES string of the molecule is CCOC(=O)C1CSCCN1CC(=O)Nc1sc2c(c1C(N)=O)CCCC2. The lowest BCUT2D eigenvalue weighted by Crippen LogP contribution is -2.50. The zero-order valence-corrected chi connectivity index (χ0v) is 17.0. The molecule has 148 valence electrons. The van der Waals surface area contributed by atoms with Gasteiger partial charge in [-0.25, -0.2) is 0 Å². The second kappa shape index (κ2) is 9.07. The van der Waals surface area contributed by atoms with E-state index in [0.717, 1.165) is 41.9 Å². The molecule has 7 nitrogen and oxygen atoms in total. The number of rotatable bonds is 6. The number of nitrogens with zero attached hydrogens (tertiary/aromatic N) is 1. The van der Waals surface area contributed by atoms with Gasteiger partial charge in [0.05, 0.1) is 18.7 Å². The summed E-state index contributed by atoms with van der Waals surface area (Å²) in [5.41, 5.74) is 7.03. The fourth-order valence-electron chi connectivity index (χ4n) is 3.55. The third-order valence-corrected chi connectivity index (χ3v) is 7.05. The summed E-state index contributed by atoms with van der Waals surface area (Å²) in [6.07, 6.45) is 3.87. The van der Waals surface area contributed by atoms with Crippen molar-refractivity contribution in [2.45, 2.75) is 38.6 Å². The highest BCUT2D eigenvalue weighted by atomic mass is 32.2. The Kier molecular flexibility index (Phi) is 6.78. The van der Waals surface area contributed by atoms with Gasteiger partial charge in [0.1, 0.15) is 11.0 Å². The second-order valence-corrected chi connectivity index (χ2v) is 8.90. The lowest BCUT2D eigenvalue weighted by atomic mass is 9.95. The first kappa shape index (κ1) is 20.2. The van der Waals surface area contributed by atoms with Crippen molar-refractivity contribution in [2.24, 2.45) is 5.73 Å². The summed E-state index contributed by atoms with van der Waals surface area (Å²) in [5, 5.41) is 3.41. The number of nitrogens with two attached hydrogens (primary N) is 1. The maximum Gasteiger partial charge on any atom is 0.324 e. The Labute approximate surface area is 167 Å². The minimum absolute atomic E-state index is 0.0881. The molecule has 0 radical (unpaired) electrons. The number of thioether (sulfide) groups is 1. The van der Waals surface area contributed by atoms with Gasteiger partial charge >= 0.3 is 5.97 Å². The molecule has 3 rings (SSSR count). The number of hydrogen-bond donors (Lipinski definition) is 2. The molecule has 1 unspecified atom stereocenters. The number of ether oxygens (including phenoxy) is 1. The predicted octanol–water partition coefficient (Wildman–Crippen LogP) is 1.64. The highest BCUT2D eigenvalue weighted by molar-refractivity contribution is 7.99. The van der Waals surface area contributed by atoms with E-state index in [2.05, 4.69) is 5.32 Å². The van der Waals surface area contributed by atoms with Crippen LogP contribution in [0.3, 0.4) is 0 Å². The molecule has 27 heavy (non-hydrogen) atoms. The van der Waals surface area contributed by atoms with Crippen LogP contribution in [0.1, 0.15) is 40.6 Å². The van der Waals surface area contributed by atoms with Crippen LogP contribution in [0.4, 0.5) is 5.00 Å². The molecule has 1 aromatic rings. The lowest BCUT2D eigenvalue weighted by molar-refractivity contribution is -0.148. The van der Waals surface area contributed by atoms with Gasteiger partial charge in [0.25, 0.3) is 5.91 Å². The molecular weight excluding hydrogens is 386 g/mol. The van der Waals surface area contributed by atoms with Crippen LogP contribution in [0.25, 0.3) is 0 Å². The van der Waals surface area contributed by atoms with E-state index in [1.807, 2.05) is 4.90 Å². The van der Waals surface area contributed by atoms with Gasteiger partial charge in [-0.3, -0.25) is 19.3 Å². The van der Waals surface area contributed by atoms with Crippen molar-refractivity contribution >= 4 is 45.9 Å². The second-order valence-electron chi connectivity index (χ2n) is 6.64. The van der Waals surface area contributed by atoms with Gasteiger partial charge in [-0.05, 0) is 38.2 Å². The number of carbonyl (C=O) groups excluding carboxylic acids is 3. The summed E-state index contributed by atoms with van der Waals surface area (Å²) >= 11 is 3.13. The number of fused-ring (bicyclic) bond motifs is 1. The van der Waals surface area contributed by atoms with Crippen molar-refractivity contribution in [3.05, 3.63) is 16.0 Å². The molecule has 1 fully saturated rings. The molecule has 2 amide bonds. The van der Waals surface area contributed by atoms with Crippen LogP contribution < -0.4 is 11.1 Å². The minimum Gasteiger partial charge on any atom is -0.465 e. The number of aryl methyl sites for hydroxylation is 1. The fraction of sp³-hybridized carbons (Fsp3) is 0.611. The monoisotopic (exact) mass is 411 g/mol. The Bertz CT molecular complexity index is 734. The molecule has 1 atom stereocenters. The number of esters is 1. The van der Waals surface area contributed by atoms with E-state index in [0.29, 0.717) is 29.5 Å². The number of carbonyl (C=O) groups is 3. The zero-order valence-electron chi connectivity index (χ0n) is 15.4. The molecule has 2 aliphatic rings. The highest BCUT2D eigenvalue weighted by Gasteiger charge is 2.32. The van der Waals surface area contributed by atoms with Gasteiger partial charge in [0.15, 0.2) is 0 Å². The summed E-state index contributed by atoms with van der Waals surface area (Å²) < 4.78 is 5.13. The van der Waals surface area contributed by atoms with E-state index in [9.17, 15) is 14.4 Å². The third kappa shape index (κ3) is 4.64. The van der Waals surface area contributed by atoms with Crippen molar-refractivity contribution in [3.63, 3.8) is 0 Å². The van der Waals surface area contributed by atoms with Crippen molar-refractivity contribution in [2.75, 3.05) is 36.5 Å². The first-order valence-corrected chi connectivity index (χ1v) is 11.2. The highest BCUT2D eigenvalue weighted by Crippen LogP contribution is 2.37. The first-order valence-electron chi connectivity index (χ1n) is 9.23. The number of primary amides is 1. The Morgan fingerprint density at radius 2 is 2.07 bits per heavy atom. The number of anilines is 1. The van der Waals surface area contributed by atoms with Crippen molar-refractivity contribution in [1.29, 1.82) is 0 Å². The molecule has 3 N–H and O–H groups in total. The predicted molar refractivity (Wildman–Crippen MR) is 107 cm³/mol. The van der Waals surface area contributed by atoms with Crippen LogP contribution in [0.2, 0.25) is 0 Å². The zero-order chi connectivity index (χ0) is 19.4. The van der Waals surface area contributed by atoms with Gasteiger partial charge in [-0.15, -0.1) is 11.3 Å². The summed E-state index contributed by atoms with van der Waals surface area (Å²) in [5.74, 6) is 0.456. The molecule has 1 aliphatic heterocycles. The molecular formula is C18H25N3O4S2. The smallest absolute Gasteiger partial charge is 0.324 e. The Morgan fingerprint density at radius 1 is 1.30 bits per heavy atom. The van der Waals surface area contributed by atoms with Crippen LogP contribution >= 0.6 is 23.1 Å². The molecule has 1 aromatic heterocycles. The third-order valence-electron chi connectivity index (χ3n) is 4.82. The first-order chi connectivity index (χ1) is 13.0. The van der Waals surface area contributed by atoms with Gasteiger partial charge in [0, 0.05) is 22.9 Å². The maximum absolute atomic E-state index is 12.6. The average molecular weight is 412 g/mol. The van der Waals surface area contributed by atoms with Crippen molar-refractivity contribution in [1.82, 2.24) is 4.90 Å². The lowest BCUT2D eigenvalue weighted by Gasteiger charge is -2.32. The summed E-state index contributed by atoms with van der Waals surface area (Å²) in [6.45, 7) is 2.83. The molecule has 1 aliphatic carbocycles. The van der Waals surface area contributed by atoms with E-state index in [-0.39, 0.29) is 18.4 Å². The van der Waals surface area contributed by atoms with Crippen LogP contribution in [0.15, 0.2) is 0 Å². The molecule has 0 bridgehead atoms. The summed E-state index contributed by atoms with van der Waals surface area (Å²) in [6, 6.07) is -0.415. The Hall–Kier alpha value is -1.58. The normalized spacial score (nSPS) is 20.0. The van der Waals surface area contributed by atoms with Crippen LogP contribution in [-0.4, -0.2) is 59.9 Å². The van der Waals surface area contributed by atoms with Crippen LogP contribution in [0.5, 0.6) is 0 Å². The number of amides is 2. The maximum atomic E-state index is 12.6. The van der Waals surface area contributed by atoms with E-state index in [4.69, 9.17) is 10.5 Å². The average Bonchev–Trinajstić information content (AvgIpc) is 3.00. The van der Waals surface area contributed by atoms with E-state index in [1.165, 1.54) is 11.3 Å². The van der Waals surface area contributed by atoms with Gasteiger partial charge < -0.3 is 15.8 Å². The molecule has 9 heteroatoms. The summed E-state index contributed by atoms with van der Waals surface area (Å²) in [7, 11) is 0. The topological polar surface area (TPSA) is 102 Å². The molecule has 1 saturated heterocycles. The largest absolute Gasteiger partial charge is 0.465 e. The molecule has 2 heterocycles. The molecule has 0 aromatic carbocycles. The van der Waals surface area contributed by atoms with Crippen molar-refractivity contribution in [3.8, 4) is 0 Å². The number of hydrogen-bond acceptors (Lipinski definition) is 7. The standard InChI is InChI=1S/C18H25N3O4S2/c1-2-25-18(24)12-10-26-8-7-21(12)9-14(22)20-17-15(16(19)23)11-5-3-4-6-13(11)27-17/h12H,2-10H2,1H3,(H2,19,23)(H,20,22). The quantitative estimate of drug-likeness (QED) is 0.690. The Morgan fingerprint density at radius 3 is 2.81 bits per heavy atom. The van der Waals surface area contributed by atoms with E-state index in [1.54, 1.807) is 18.7 Å². The fourth-order valence-corrected chi connectivity index (χ4v) is 5.96. The van der Waals surface area contributed by atoms with E-state index < -0.39 is 11.9 Å².